The maximum Gasteiger partial charge on any atom is 0.231 e. The van der Waals surface area contributed by atoms with Gasteiger partial charge in [0.15, 0.2) is 11.5 Å². The highest BCUT2D eigenvalue weighted by atomic mass is 16.5. The topological polar surface area (TPSA) is 48.0 Å². The first-order valence-corrected chi connectivity index (χ1v) is 7.20. The lowest BCUT2D eigenvalue weighted by molar-refractivity contribution is -0.117. The van der Waals surface area contributed by atoms with Crippen LogP contribution in [0.1, 0.15) is 5.56 Å². The molecule has 0 spiro atoms. The molecule has 0 N–H and O–H groups in total. The average Bonchev–Trinajstić information content (AvgIpc) is 2.61. The van der Waals surface area contributed by atoms with Gasteiger partial charge in [0.25, 0.3) is 0 Å². The summed E-state index contributed by atoms with van der Waals surface area (Å²) in [6.45, 7) is 0. The first kappa shape index (κ1) is 16.7. The van der Waals surface area contributed by atoms with Gasteiger partial charge in [-0.1, -0.05) is 12.1 Å². The fourth-order valence-electron chi connectivity index (χ4n) is 2.21. The molecule has 0 aliphatic rings. The number of amides is 1. The zero-order chi connectivity index (χ0) is 16.8. The lowest BCUT2D eigenvalue weighted by Gasteiger charge is -2.19. The molecular formula is C18H21NO4. The first-order chi connectivity index (χ1) is 11.1. The van der Waals surface area contributed by atoms with E-state index >= 15 is 0 Å². The number of rotatable bonds is 6. The van der Waals surface area contributed by atoms with Crippen LogP contribution >= 0.6 is 0 Å². The molecule has 23 heavy (non-hydrogen) atoms. The Balaban J connectivity index is 2.12. The molecule has 0 atom stereocenters. The average molecular weight is 315 g/mol. The minimum absolute atomic E-state index is 0.0117. The zero-order valence-electron chi connectivity index (χ0n) is 13.8. The third kappa shape index (κ3) is 3.94. The Morgan fingerprint density at radius 1 is 0.913 bits per heavy atom. The van der Waals surface area contributed by atoms with Crippen LogP contribution in [0, 0.1) is 0 Å². The number of ether oxygens (including phenoxy) is 3. The van der Waals surface area contributed by atoms with Crippen LogP contribution < -0.4 is 19.1 Å². The van der Waals surface area contributed by atoms with Gasteiger partial charge in [0.05, 0.1) is 27.8 Å². The van der Waals surface area contributed by atoms with E-state index in [2.05, 4.69) is 0 Å². The fraction of sp³-hybridized carbons (Fsp3) is 0.278. The molecule has 2 rings (SSSR count). The summed E-state index contributed by atoms with van der Waals surface area (Å²) in [5.41, 5.74) is 1.68. The standard InChI is InChI=1S/C18H21NO4/c1-19(14-7-10-16(22-3)17(12-14)23-4)18(20)11-13-5-8-15(21-2)9-6-13/h5-10,12H,11H2,1-4H3. The Morgan fingerprint density at radius 3 is 2.13 bits per heavy atom. The van der Waals surface area contributed by atoms with Crippen molar-refractivity contribution < 1.29 is 19.0 Å². The molecule has 0 radical (unpaired) electrons. The molecule has 0 bridgehead atoms. The summed E-state index contributed by atoms with van der Waals surface area (Å²) in [5.74, 6) is 1.98. The highest BCUT2D eigenvalue weighted by Crippen LogP contribution is 2.31. The van der Waals surface area contributed by atoms with Crippen LogP contribution in [0.25, 0.3) is 0 Å². The van der Waals surface area contributed by atoms with E-state index in [0.29, 0.717) is 17.9 Å². The number of hydrogen-bond donors (Lipinski definition) is 0. The van der Waals surface area contributed by atoms with Gasteiger partial charge in [0.2, 0.25) is 5.91 Å². The van der Waals surface area contributed by atoms with E-state index in [1.165, 1.54) is 0 Å². The highest BCUT2D eigenvalue weighted by molar-refractivity contribution is 5.94. The summed E-state index contributed by atoms with van der Waals surface area (Å²) in [6.07, 6.45) is 0.314. The number of hydrogen-bond acceptors (Lipinski definition) is 4. The van der Waals surface area contributed by atoms with Gasteiger partial charge in [0, 0.05) is 18.8 Å². The number of anilines is 1. The van der Waals surface area contributed by atoms with Crippen molar-refractivity contribution in [3.63, 3.8) is 0 Å². The van der Waals surface area contributed by atoms with Gasteiger partial charge in [-0.2, -0.15) is 0 Å². The lowest BCUT2D eigenvalue weighted by Crippen LogP contribution is -2.27. The molecule has 0 heterocycles. The Kier molecular flexibility index (Phi) is 5.46. The number of nitrogens with zero attached hydrogens (tertiary/aromatic N) is 1. The number of carbonyl (C=O) groups is 1. The van der Waals surface area contributed by atoms with Gasteiger partial charge < -0.3 is 19.1 Å². The summed E-state index contributed by atoms with van der Waals surface area (Å²) in [5, 5.41) is 0. The van der Waals surface area contributed by atoms with E-state index in [1.807, 2.05) is 30.3 Å². The molecule has 2 aromatic carbocycles. The summed E-state index contributed by atoms with van der Waals surface area (Å²) in [7, 11) is 6.51. The van der Waals surface area contributed by atoms with Gasteiger partial charge in [-0.25, -0.2) is 0 Å². The van der Waals surface area contributed by atoms with Crippen LogP contribution in [-0.2, 0) is 11.2 Å². The summed E-state index contributed by atoms with van der Waals surface area (Å²) < 4.78 is 15.6. The smallest absolute Gasteiger partial charge is 0.231 e. The zero-order valence-corrected chi connectivity index (χ0v) is 13.8. The van der Waals surface area contributed by atoms with Crippen molar-refractivity contribution in [1.82, 2.24) is 0 Å². The van der Waals surface area contributed by atoms with Gasteiger partial charge in [-0.3, -0.25) is 4.79 Å². The van der Waals surface area contributed by atoms with E-state index in [0.717, 1.165) is 17.0 Å². The Hall–Kier alpha value is -2.69. The minimum atomic E-state index is -0.0117. The van der Waals surface area contributed by atoms with E-state index in [9.17, 15) is 4.79 Å². The third-order valence-electron chi connectivity index (χ3n) is 3.64. The maximum atomic E-state index is 12.4. The van der Waals surface area contributed by atoms with Crippen LogP contribution in [0.4, 0.5) is 5.69 Å². The SMILES string of the molecule is COc1ccc(CC(=O)N(C)c2ccc(OC)c(OC)c2)cc1. The molecular weight excluding hydrogens is 294 g/mol. The van der Waals surface area contributed by atoms with Gasteiger partial charge in [-0.15, -0.1) is 0 Å². The lowest BCUT2D eigenvalue weighted by atomic mass is 10.1. The molecule has 0 unspecified atom stereocenters. The van der Waals surface area contributed by atoms with Crippen molar-refractivity contribution in [2.45, 2.75) is 6.42 Å². The largest absolute Gasteiger partial charge is 0.497 e. The normalized spacial score (nSPS) is 10.1. The molecule has 122 valence electrons. The summed E-state index contributed by atoms with van der Waals surface area (Å²) in [6, 6.07) is 12.9. The predicted molar refractivity (Wildman–Crippen MR) is 89.7 cm³/mol. The molecule has 0 aliphatic carbocycles. The second-order valence-electron chi connectivity index (χ2n) is 5.02. The van der Waals surface area contributed by atoms with Crippen LogP contribution in [0.2, 0.25) is 0 Å². The minimum Gasteiger partial charge on any atom is -0.497 e. The van der Waals surface area contributed by atoms with Crippen LogP contribution in [0.3, 0.4) is 0 Å². The maximum absolute atomic E-state index is 12.4. The molecule has 1 amide bonds. The van der Waals surface area contributed by atoms with E-state index in [-0.39, 0.29) is 5.91 Å². The van der Waals surface area contributed by atoms with Crippen molar-refractivity contribution in [3.8, 4) is 17.2 Å². The Labute approximate surface area is 136 Å². The van der Waals surface area contributed by atoms with Crippen molar-refractivity contribution in [1.29, 1.82) is 0 Å². The molecule has 0 aliphatic heterocycles. The molecule has 0 fully saturated rings. The molecule has 5 nitrogen and oxygen atoms in total. The predicted octanol–water partition coefficient (Wildman–Crippen LogP) is 2.92. The first-order valence-electron chi connectivity index (χ1n) is 7.20. The van der Waals surface area contributed by atoms with E-state index < -0.39 is 0 Å². The molecule has 5 heteroatoms. The number of carbonyl (C=O) groups excluding carboxylic acids is 1. The second kappa shape index (κ2) is 7.54. The third-order valence-corrected chi connectivity index (χ3v) is 3.64. The molecule has 0 saturated heterocycles. The Morgan fingerprint density at radius 2 is 1.57 bits per heavy atom. The van der Waals surface area contributed by atoms with Crippen molar-refractivity contribution in [3.05, 3.63) is 48.0 Å². The van der Waals surface area contributed by atoms with Gasteiger partial charge in [0.1, 0.15) is 5.75 Å². The molecule has 2 aromatic rings. The summed E-state index contributed by atoms with van der Waals surface area (Å²) >= 11 is 0. The monoisotopic (exact) mass is 315 g/mol. The van der Waals surface area contributed by atoms with E-state index in [1.54, 1.807) is 45.4 Å². The highest BCUT2D eigenvalue weighted by Gasteiger charge is 2.14. The van der Waals surface area contributed by atoms with Crippen LogP contribution in [-0.4, -0.2) is 34.3 Å². The molecule has 0 saturated carbocycles. The van der Waals surface area contributed by atoms with Crippen LogP contribution in [0.5, 0.6) is 17.2 Å². The Bertz CT molecular complexity index is 667. The van der Waals surface area contributed by atoms with Crippen molar-refractivity contribution >= 4 is 11.6 Å². The van der Waals surface area contributed by atoms with Gasteiger partial charge in [-0.05, 0) is 29.8 Å². The number of methoxy groups -OCH3 is 3. The van der Waals surface area contributed by atoms with Gasteiger partial charge >= 0.3 is 0 Å². The second-order valence-corrected chi connectivity index (χ2v) is 5.02. The van der Waals surface area contributed by atoms with Crippen molar-refractivity contribution in [2.24, 2.45) is 0 Å². The number of likely N-dealkylation sites (N-methyl/N-ethyl adjacent to an activating group) is 1. The van der Waals surface area contributed by atoms with E-state index in [4.69, 9.17) is 14.2 Å². The number of benzene rings is 2. The summed E-state index contributed by atoms with van der Waals surface area (Å²) in [4.78, 5) is 14.0. The fourth-order valence-corrected chi connectivity index (χ4v) is 2.21. The van der Waals surface area contributed by atoms with Crippen LogP contribution in [0.15, 0.2) is 42.5 Å². The van der Waals surface area contributed by atoms with Crippen molar-refractivity contribution in [2.75, 3.05) is 33.3 Å². The molecule has 0 aromatic heterocycles. The quantitative estimate of drug-likeness (QED) is 0.822.